The monoisotopic (exact) mass is 216 g/mol. The first-order chi connectivity index (χ1) is 6.61. The topological polar surface area (TPSA) is 15.3 Å². The molecule has 0 saturated carbocycles. The van der Waals surface area contributed by atoms with Gasteiger partial charge in [-0.2, -0.15) is 11.8 Å². The summed E-state index contributed by atoms with van der Waals surface area (Å²) in [5, 5.41) is 3.51. The third-order valence-corrected chi connectivity index (χ3v) is 4.00. The van der Waals surface area contributed by atoms with Gasteiger partial charge in [0.1, 0.15) is 0 Å². The van der Waals surface area contributed by atoms with E-state index in [1.165, 1.54) is 18.1 Å². The predicted octanol–water partition coefficient (Wildman–Crippen LogP) is 1.81. The van der Waals surface area contributed by atoms with E-state index in [1.807, 2.05) is 0 Å². The van der Waals surface area contributed by atoms with E-state index < -0.39 is 0 Å². The molecule has 1 heterocycles. The Kier molecular flexibility index (Phi) is 5.28. The van der Waals surface area contributed by atoms with Crippen LogP contribution in [0.25, 0.3) is 0 Å². The summed E-state index contributed by atoms with van der Waals surface area (Å²) < 4.78 is 0. The number of hydrogen-bond acceptors (Lipinski definition) is 3. The van der Waals surface area contributed by atoms with Gasteiger partial charge in [0, 0.05) is 42.7 Å². The van der Waals surface area contributed by atoms with E-state index in [2.05, 4.69) is 49.7 Å². The number of hydrogen-bond donors (Lipinski definition) is 1. The van der Waals surface area contributed by atoms with E-state index in [0.29, 0.717) is 12.1 Å². The molecule has 1 aliphatic rings. The van der Waals surface area contributed by atoms with Crippen LogP contribution in [-0.4, -0.2) is 47.6 Å². The van der Waals surface area contributed by atoms with Gasteiger partial charge in [-0.15, -0.1) is 0 Å². The van der Waals surface area contributed by atoms with E-state index in [9.17, 15) is 0 Å². The first-order valence-corrected chi connectivity index (χ1v) is 6.83. The zero-order valence-corrected chi connectivity index (χ0v) is 10.7. The lowest BCUT2D eigenvalue weighted by Gasteiger charge is -2.38. The van der Waals surface area contributed by atoms with Crippen molar-refractivity contribution in [3.63, 3.8) is 0 Å². The minimum Gasteiger partial charge on any atom is -0.313 e. The van der Waals surface area contributed by atoms with Gasteiger partial charge >= 0.3 is 0 Å². The van der Waals surface area contributed by atoms with Crippen LogP contribution in [0.2, 0.25) is 0 Å². The molecule has 1 rings (SSSR count). The Bertz CT molecular complexity index is 161. The van der Waals surface area contributed by atoms with Gasteiger partial charge < -0.3 is 5.32 Å². The maximum atomic E-state index is 3.51. The van der Waals surface area contributed by atoms with E-state index >= 15 is 0 Å². The minimum atomic E-state index is 0.604. The number of rotatable bonds is 4. The molecule has 2 atom stereocenters. The third kappa shape index (κ3) is 3.79. The van der Waals surface area contributed by atoms with Gasteiger partial charge in [-0.25, -0.2) is 0 Å². The summed E-state index contributed by atoms with van der Waals surface area (Å²) in [5.41, 5.74) is 0. The molecule has 2 unspecified atom stereocenters. The Hall–Kier alpha value is 0.270. The highest BCUT2D eigenvalue weighted by molar-refractivity contribution is 7.99. The maximum absolute atomic E-state index is 3.51. The second-order valence-corrected chi connectivity index (χ2v) is 5.72. The molecule has 0 amide bonds. The number of nitrogens with zero attached hydrogens (tertiary/aromatic N) is 1. The van der Waals surface area contributed by atoms with Crippen molar-refractivity contribution in [3.05, 3.63) is 0 Å². The van der Waals surface area contributed by atoms with Crippen LogP contribution in [0.15, 0.2) is 0 Å². The lowest BCUT2D eigenvalue weighted by atomic mass is 10.2. The molecule has 0 aliphatic carbocycles. The minimum absolute atomic E-state index is 0.604. The van der Waals surface area contributed by atoms with Crippen molar-refractivity contribution in [2.24, 2.45) is 0 Å². The quantitative estimate of drug-likeness (QED) is 0.771. The molecular formula is C11H24N2S. The van der Waals surface area contributed by atoms with Crippen LogP contribution < -0.4 is 5.32 Å². The van der Waals surface area contributed by atoms with Gasteiger partial charge in [0.2, 0.25) is 0 Å². The standard InChI is InChI=1S/C11H24N2S/c1-9(2)12-7-10(3)13-5-6-14-8-11(13)4/h9-12H,5-8H2,1-4H3. The van der Waals surface area contributed by atoms with Crippen molar-refractivity contribution >= 4 is 11.8 Å². The lowest BCUT2D eigenvalue weighted by molar-refractivity contribution is 0.167. The molecule has 1 saturated heterocycles. The van der Waals surface area contributed by atoms with Gasteiger partial charge in [0.05, 0.1) is 0 Å². The zero-order valence-electron chi connectivity index (χ0n) is 9.92. The van der Waals surface area contributed by atoms with Gasteiger partial charge in [0.15, 0.2) is 0 Å². The SMILES string of the molecule is CC(C)NCC(C)N1CCSCC1C. The Morgan fingerprint density at radius 3 is 2.71 bits per heavy atom. The molecule has 3 heteroatoms. The predicted molar refractivity (Wildman–Crippen MR) is 66.1 cm³/mol. The Morgan fingerprint density at radius 1 is 1.43 bits per heavy atom. The smallest absolute Gasteiger partial charge is 0.0195 e. The van der Waals surface area contributed by atoms with Crippen molar-refractivity contribution in [1.82, 2.24) is 10.2 Å². The largest absolute Gasteiger partial charge is 0.313 e. The summed E-state index contributed by atoms with van der Waals surface area (Å²) >= 11 is 2.09. The number of thioether (sulfide) groups is 1. The van der Waals surface area contributed by atoms with Gasteiger partial charge in [-0.3, -0.25) is 4.90 Å². The molecule has 0 aromatic rings. The van der Waals surface area contributed by atoms with Crippen LogP contribution in [0, 0.1) is 0 Å². The summed E-state index contributed by atoms with van der Waals surface area (Å²) in [6.07, 6.45) is 0. The molecule has 0 radical (unpaired) electrons. The Labute approximate surface area is 92.8 Å². The van der Waals surface area contributed by atoms with Crippen LogP contribution in [0.4, 0.5) is 0 Å². The average Bonchev–Trinajstić information content (AvgIpc) is 2.15. The molecule has 2 nitrogen and oxygen atoms in total. The van der Waals surface area contributed by atoms with Crippen molar-refractivity contribution < 1.29 is 0 Å². The molecule has 1 N–H and O–H groups in total. The van der Waals surface area contributed by atoms with Gasteiger partial charge in [0.25, 0.3) is 0 Å². The van der Waals surface area contributed by atoms with Crippen LogP contribution in [0.5, 0.6) is 0 Å². The fraction of sp³-hybridized carbons (Fsp3) is 1.00. The maximum Gasteiger partial charge on any atom is 0.0195 e. The average molecular weight is 216 g/mol. The number of nitrogens with one attached hydrogen (secondary N) is 1. The van der Waals surface area contributed by atoms with Crippen LogP contribution in [0.1, 0.15) is 27.7 Å². The highest BCUT2D eigenvalue weighted by Crippen LogP contribution is 2.18. The first-order valence-electron chi connectivity index (χ1n) is 5.68. The molecule has 0 aromatic carbocycles. The van der Waals surface area contributed by atoms with Gasteiger partial charge in [-0.1, -0.05) is 13.8 Å². The summed E-state index contributed by atoms with van der Waals surface area (Å²) in [4.78, 5) is 2.63. The van der Waals surface area contributed by atoms with Crippen LogP contribution in [-0.2, 0) is 0 Å². The van der Waals surface area contributed by atoms with Crippen LogP contribution in [0.3, 0.4) is 0 Å². The van der Waals surface area contributed by atoms with Crippen molar-refractivity contribution in [2.75, 3.05) is 24.6 Å². The lowest BCUT2D eigenvalue weighted by Crippen LogP contribution is -2.50. The fourth-order valence-corrected chi connectivity index (χ4v) is 2.96. The zero-order chi connectivity index (χ0) is 10.6. The second-order valence-electron chi connectivity index (χ2n) is 4.57. The fourth-order valence-electron chi connectivity index (χ4n) is 1.92. The van der Waals surface area contributed by atoms with E-state index in [1.54, 1.807) is 0 Å². The van der Waals surface area contributed by atoms with Gasteiger partial charge in [-0.05, 0) is 13.8 Å². The molecule has 0 bridgehead atoms. The molecule has 1 aliphatic heterocycles. The van der Waals surface area contributed by atoms with Crippen LogP contribution >= 0.6 is 11.8 Å². The van der Waals surface area contributed by atoms with E-state index in [0.717, 1.165) is 12.6 Å². The summed E-state index contributed by atoms with van der Waals surface area (Å²) in [6.45, 7) is 11.5. The van der Waals surface area contributed by atoms with Crippen molar-refractivity contribution in [2.45, 2.75) is 45.8 Å². The van der Waals surface area contributed by atoms with E-state index in [-0.39, 0.29) is 0 Å². The van der Waals surface area contributed by atoms with Crippen molar-refractivity contribution in [1.29, 1.82) is 0 Å². The normalized spacial score (nSPS) is 26.8. The molecule has 1 fully saturated rings. The molecule has 84 valence electrons. The summed E-state index contributed by atoms with van der Waals surface area (Å²) in [5.74, 6) is 2.60. The Balaban J connectivity index is 2.30. The van der Waals surface area contributed by atoms with Crippen molar-refractivity contribution in [3.8, 4) is 0 Å². The molecule has 14 heavy (non-hydrogen) atoms. The summed E-state index contributed by atoms with van der Waals surface area (Å²) in [7, 11) is 0. The molecule has 0 spiro atoms. The highest BCUT2D eigenvalue weighted by Gasteiger charge is 2.22. The Morgan fingerprint density at radius 2 is 2.14 bits per heavy atom. The highest BCUT2D eigenvalue weighted by atomic mass is 32.2. The molecular weight excluding hydrogens is 192 g/mol. The second kappa shape index (κ2) is 5.99. The molecule has 0 aromatic heterocycles. The summed E-state index contributed by atoms with van der Waals surface area (Å²) in [6, 6.07) is 2.03. The third-order valence-electron chi connectivity index (χ3n) is 2.81. The van der Waals surface area contributed by atoms with E-state index in [4.69, 9.17) is 0 Å². The first kappa shape index (κ1) is 12.3.